The summed E-state index contributed by atoms with van der Waals surface area (Å²) in [6, 6.07) is 3.71. The smallest absolute Gasteiger partial charge is 0.321 e. The van der Waals surface area contributed by atoms with Crippen LogP contribution in [-0.4, -0.2) is 32.8 Å². The number of carbonyl (C=O) groups is 2. The topological polar surface area (TPSA) is 104 Å². The molecule has 3 N–H and O–H groups in total. The van der Waals surface area contributed by atoms with Crippen LogP contribution in [0.1, 0.15) is 26.7 Å². The molecule has 0 atom stereocenters. The van der Waals surface area contributed by atoms with Gasteiger partial charge in [-0.05, 0) is 32.4 Å². The molecule has 25 heavy (non-hydrogen) atoms. The van der Waals surface area contributed by atoms with Crippen molar-refractivity contribution in [3.05, 3.63) is 29.0 Å². The molecule has 7 nitrogen and oxygen atoms in total. The summed E-state index contributed by atoms with van der Waals surface area (Å²) in [5, 5.41) is 22.1. The standard InChI is InChI=1S/C15H16ClFN4O3S/c1-15(2,7-6-10(22)23)19-13(24)18-14-21-20-12(25-14)11-8(16)4-3-5-9(11)17/h3-5H,6-7H2,1-2H3,(H,22,23)(H2,18,19,21,24). The third-order valence-corrected chi connectivity index (χ3v) is 4.41. The Bertz CT molecular complexity index is 777. The van der Waals surface area contributed by atoms with Gasteiger partial charge in [0.05, 0.1) is 10.6 Å². The lowest BCUT2D eigenvalue weighted by Gasteiger charge is -2.25. The van der Waals surface area contributed by atoms with E-state index in [1.165, 1.54) is 18.2 Å². The van der Waals surface area contributed by atoms with E-state index in [0.717, 1.165) is 11.3 Å². The van der Waals surface area contributed by atoms with E-state index in [4.69, 9.17) is 16.7 Å². The van der Waals surface area contributed by atoms with Crippen molar-refractivity contribution < 1.29 is 19.1 Å². The minimum absolute atomic E-state index is 0.0674. The molecule has 10 heteroatoms. The summed E-state index contributed by atoms with van der Waals surface area (Å²) in [4.78, 5) is 22.7. The zero-order valence-corrected chi connectivity index (χ0v) is 15.0. The van der Waals surface area contributed by atoms with Crippen LogP contribution in [0.25, 0.3) is 10.6 Å². The molecule has 1 heterocycles. The highest BCUT2D eigenvalue weighted by atomic mass is 35.5. The maximum Gasteiger partial charge on any atom is 0.321 e. The lowest BCUT2D eigenvalue weighted by atomic mass is 9.99. The molecule has 2 aromatic rings. The molecule has 0 fully saturated rings. The maximum absolute atomic E-state index is 13.9. The summed E-state index contributed by atoms with van der Waals surface area (Å²) in [7, 11) is 0. The number of carboxylic acids is 1. The number of carboxylic acid groups (broad SMARTS) is 1. The van der Waals surface area contributed by atoms with E-state index >= 15 is 0 Å². The van der Waals surface area contributed by atoms with Crippen molar-refractivity contribution in [2.24, 2.45) is 0 Å². The van der Waals surface area contributed by atoms with Gasteiger partial charge in [-0.25, -0.2) is 9.18 Å². The van der Waals surface area contributed by atoms with Crippen molar-refractivity contribution in [3.63, 3.8) is 0 Å². The minimum atomic E-state index is -0.939. The monoisotopic (exact) mass is 386 g/mol. The molecule has 0 saturated carbocycles. The molecule has 0 unspecified atom stereocenters. The molecule has 0 aliphatic carbocycles. The van der Waals surface area contributed by atoms with Gasteiger partial charge in [0.2, 0.25) is 5.13 Å². The van der Waals surface area contributed by atoms with Crippen LogP contribution in [0.15, 0.2) is 18.2 Å². The van der Waals surface area contributed by atoms with E-state index in [9.17, 15) is 14.0 Å². The van der Waals surface area contributed by atoms with Gasteiger partial charge in [-0.3, -0.25) is 10.1 Å². The van der Waals surface area contributed by atoms with Crippen LogP contribution in [-0.2, 0) is 4.79 Å². The molecule has 1 aromatic heterocycles. The fourth-order valence-electron chi connectivity index (χ4n) is 1.99. The number of aromatic nitrogens is 2. The van der Waals surface area contributed by atoms with Crippen molar-refractivity contribution in [1.29, 1.82) is 0 Å². The van der Waals surface area contributed by atoms with Gasteiger partial charge in [0.15, 0.2) is 5.01 Å². The number of rotatable bonds is 6. The van der Waals surface area contributed by atoms with Gasteiger partial charge in [0, 0.05) is 12.0 Å². The second kappa shape index (κ2) is 7.75. The number of aliphatic carboxylic acids is 1. The van der Waals surface area contributed by atoms with Gasteiger partial charge >= 0.3 is 12.0 Å². The Morgan fingerprint density at radius 1 is 1.36 bits per heavy atom. The Morgan fingerprint density at radius 2 is 2.08 bits per heavy atom. The van der Waals surface area contributed by atoms with Gasteiger partial charge in [0.25, 0.3) is 0 Å². The van der Waals surface area contributed by atoms with Gasteiger partial charge in [0.1, 0.15) is 5.82 Å². The fourth-order valence-corrected chi connectivity index (χ4v) is 3.10. The lowest BCUT2D eigenvalue weighted by molar-refractivity contribution is -0.137. The normalized spacial score (nSPS) is 11.2. The first kappa shape index (κ1) is 19.1. The van der Waals surface area contributed by atoms with E-state index in [1.54, 1.807) is 13.8 Å². The molecule has 0 radical (unpaired) electrons. The number of nitrogens with zero attached hydrogens (tertiary/aromatic N) is 2. The molecule has 2 rings (SSSR count). The van der Waals surface area contributed by atoms with Crippen LogP contribution in [0.3, 0.4) is 0 Å². The molecule has 2 amide bonds. The van der Waals surface area contributed by atoms with Crippen LogP contribution in [0.5, 0.6) is 0 Å². The van der Waals surface area contributed by atoms with E-state index in [1.807, 2.05) is 0 Å². The largest absolute Gasteiger partial charge is 0.481 e. The second-order valence-corrected chi connectivity index (χ2v) is 7.25. The van der Waals surface area contributed by atoms with Gasteiger partial charge in [-0.2, -0.15) is 0 Å². The number of benzene rings is 1. The molecular weight excluding hydrogens is 371 g/mol. The molecule has 0 saturated heterocycles. The highest BCUT2D eigenvalue weighted by Gasteiger charge is 2.22. The van der Waals surface area contributed by atoms with Crippen LogP contribution in [0.2, 0.25) is 5.02 Å². The summed E-state index contributed by atoms with van der Waals surface area (Å²) in [5.41, 5.74) is -0.595. The molecule has 1 aromatic carbocycles. The fraction of sp³-hybridized carbons (Fsp3) is 0.333. The number of amides is 2. The van der Waals surface area contributed by atoms with E-state index in [-0.39, 0.29) is 33.6 Å². The number of hydrogen-bond acceptors (Lipinski definition) is 5. The Labute approximate surface area is 152 Å². The molecule has 0 aliphatic heterocycles. The molecule has 134 valence electrons. The number of halogens is 2. The van der Waals surface area contributed by atoms with Crippen LogP contribution < -0.4 is 10.6 Å². The Balaban J connectivity index is 2.04. The molecule has 0 aliphatic rings. The predicted molar refractivity (Wildman–Crippen MR) is 93.4 cm³/mol. The first-order valence-corrected chi connectivity index (χ1v) is 8.46. The Hall–Kier alpha value is -2.26. The first-order valence-electron chi connectivity index (χ1n) is 7.27. The number of urea groups is 1. The maximum atomic E-state index is 13.9. The second-order valence-electron chi connectivity index (χ2n) is 5.87. The molecular formula is C15H16ClFN4O3S. The zero-order chi connectivity index (χ0) is 18.6. The number of carbonyl (C=O) groups excluding carboxylic acids is 1. The SMILES string of the molecule is CC(C)(CCC(=O)O)NC(=O)Nc1nnc(-c2c(F)cccc2Cl)s1. The number of nitrogens with one attached hydrogen (secondary N) is 2. The third kappa shape index (κ3) is 5.36. The highest BCUT2D eigenvalue weighted by Crippen LogP contribution is 2.33. The average Bonchev–Trinajstić information content (AvgIpc) is 2.92. The number of hydrogen-bond donors (Lipinski definition) is 3. The van der Waals surface area contributed by atoms with Crippen molar-refractivity contribution in [1.82, 2.24) is 15.5 Å². The van der Waals surface area contributed by atoms with Crippen molar-refractivity contribution >= 4 is 40.1 Å². The average molecular weight is 387 g/mol. The number of anilines is 1. The first-order chi connectivity index (χ1) is 11.7. The van der Waals surface area contributed by atoms with Crippen molar-refractivity contribution in [2.75, 3.05) is 5.32 Å². The van der Waals surface area contributed by atoms with Crippen LogP contribution >= 0.6 is 22.9 Å². The van der Waals surface area contributed by atoms with E-state index in [2.05, 4.69) is 20.8 Å². The predicted octanol–water partition coefficient (Wildman–Crippen LogP) is 3.76. The zero-order valence-electron chi connectivity index (χ0n) is 13.5. The van der Waals surface area contributed by atoms with Gasteiger partial charge < -0.3 is 10.4 Å². The van der Waals surface area contributed by atoms with E-state index < -0.39 is 23.4 Å². The molecule has 0 bridgehead atoms. The third-order valence-electron chi connectivity index (χ3n) is 3.24. The minimum Gasteiger partial charge on any atom is -0.481 e. The summed E-state index contributed by atoms with van der Waals surface area (Å²) in [6.07, 6.45) is 0.198. The summed E-state index contributed by atoms with van der Waals surface area (Å²) in [5.74, 6) is -1.47. The van der Waals surface area contributed by atoms with Gasteiger partial charge in [-0.15, -0.1) is 10.2 Å². The summed E-state index contributed by atoms with van der Waals surface area (Å²) < 4.78 is 13.9. The Morgan fingerprint density at radius 3 is 2.72 bits per heavy atom. The Kier molecular flexibility index (Phi) is 5.91. The van der Waals surface area contributed by atoms with E-state index in [0.29, 0.717) is 0 Å². The lowest BCUT2D eigenvalue weighted by Crippen LogP contribution is -2.45. The highest BCUT2D eigenvalue weighted by molar-refractivity contribution is 7.18. The summed E-state index contributed by atoms with van der Waals surface area (Å²) >= 11 is 6.95. The van der Waals surface area contributed by atoms with Crippen molar-refractivity contribution in [3.8, 4) is 10.6 Å². The van der Waals surface area contributed by atoms with Gasteiger partial charge in [-0.1, -0.05) is 29.0 Å². The van der Waals surface area contributed by atoms with Crippen LogP contribution in [0, 0.1) is 5.82 Å². The molecule has 0 spiro atoms. The van der Waals surface area contributed by atoms with Crippen molar-refractivity contribution in [2.45, 2.75) is 32.2 Å². The summed E-state index contributed by atoms with van der Waals surface area (Å²) in [6.45, 7) is 3.42. The quantitative estimate of drug-likeness (QED) is 0.701. The van der Waals surface area contributed by atoms with Crippen LogP contribution in [0.4, 0.5) is 14.3 Å².